The maximum atomic E-state index is 13.8. The van der Waals surface area contributed by atoms with E-state index in [0.29, 0.717) is 47.4 Å². The predicted molar refractivity (Wildman–Crippen MR) is 130 cm³/mol. The molecule has 1 fully saturated rings. The highest BCUT2D eigenvalue weighted by atomic mass is 35.5. The summed E-state index contributed by atoms with van der Waals surface area (Å²) in [5, 5.41) is 8.61. The molecular weight excluding hydrogens is 475 g/mol. The molecule has 1 aromatic carbocycles. The molecule has 1 N–H and O–H groups in total. The number of anilines is 1. The molecule has 174 valence electrons. The maximum Gasteiger partial charge on any atom is 0.254 e. The van der Waals surface area contributed by atoms with Crippen molar-refractivity contribution in [1.29, 1.82) is 0 Å². The van der Waals surface area contributed by atoms with Gasteiger partial charge in [0.15, 0.2) is 0 Å². The van der Waals surface area contributed by atoms with E-state index < -0.39 is 6.04 Å². The molecule has 1 unspecified atom stereocenters. The van der Waals surface area contributed by atoms with E-state index in [2.05, 4.69) is 15.4 Å². The van der Waals surface area contributed by atoms with Gasteiger partial charge >= 0.3 is 0 Å². The molecule has 8 nitrogen and oxygen atoms in total. The number of aromatic nitrogens is 3. The van der Waals surface area contributed by atoms with Crippen molar-refractivity contribution in [2.24, 2.45) is 0 Å². The smallest absolute Gasteiger partial charge is 0.254 e. The average molecular weight is 497 g/mol. The van der Waals surface area contributed by atoms with Gasteiger partial charge in [0.05, 0.1) is 21.8 Å². The van der Waals surface area contributed by atoms with Crippen molar-refractivity contribution in [1.82, 2.24) is 24.6 Å². The lowest BCUT2D eigenvalue weighted by Gasteiger charge is -2.38. The van der Waals surface area contributed by atoms with Crippen LogP contribution in [-0.4, -0.2) is 62.6 Å². The fourth-order valence-electron chi connectivity index (χ4n) is 4.43. The average Bonchev–Trinajstić information content (AvgIpc) is 3.33. The van der Waals surface area contributed by atoms with Gasteiger partial charge in [-0.05, 0) is 36.8 Å². The Morgan fingerprint density at radius 1 is 0.912 bits per heavy atom. The molecule has 0 bridgehead atoms. The molecule has 3 aromatic rings. The molecule has 2 aliphatic heterocycles. The molecule has 10 heteroatoms. The number of carbonyl (C=O) groups is 2. The van der Waals surface area contributed by atoms with Gasteiger partial charge in [0, 0.05) is 55.9 Å². The summed E-state index contributed by atoms with van der Waals surface area (Å²) in [6, 6.07) is 10.2. The Morgan fingerprint density at radius 2 is 1.59 bits per heavy atom. The van der Waals surface area contributed by atoms with Gasteiger partial charge in [0.2, 0.25) is 0 Å². The van der Waals surface area contributed by atoms with Gasteiger partial charge < -0.3 is 15.1 Å². The molecule has 4 heterocycles. The summed E-state index contributed by atoms with van der Waals surface area (Å²) in [5.74, 6) is 0.634. The summed E-state index contributed by atoms with van der Waals surface area (Å²) in [7, 11) is 0. The largest absolute Gasteiger partial charge is 0.344 e. The molecule has 2 aromatic heterocycles. The summed E-state index contributed by atoms with van der Waals surface area (Å²) in [5.41, 5.74) is 2.75. The number of amides is 2. The standard InChI is InChI=1S/C24H22Cl2N6O2/c1-15-21(22(32-20(29-15)6-9-28-32)17-2-3-18(25)19(26)14-17)24(34)31-12-10-30(11-13-31)23(33)16-4-7-27-8-5-16/h2-9,14,22,29H,10-13H2,1H3. The summed E-state index contributed by atoms with van der Waals surface area (Å²) in [4.78, 5) is 34.1. The van der Waals surface area contributed by atoms with Gasteiger partial charge in [-0.25, -0.2) is 4.68 Å². The number of hydrogen-bond donors (Lipinski definition) is 1. The highest BCUT2D eigenvalue weighted by Crippen LogP contribution is 2.38. The van der Waals surface area contributed by atoms with Gasteiger partial charge in [-0.2, -0.15) is 5.10 Å². The number of benzene rings is 1. The minimum atomic E-state index is -0.454. The number of hydrogen-bond acceptors (Lipinski definition) is 5. The van der Waals surface area contributed by atoms with E-state index in [4.69, 9.17) is 23.2 Å². The number of fused-ring (bicyclic) bond motifs is 1. The monoisotopic (exact) mass is 496 g/mol. The quantitative estimate of drug-likeness (QED) is 0.595. The van der Waals surface area contributed by atoms with E-state index in [1.807, 2.05) is 19.1 Å². The number of nitrogens with zero attached hydrogens (tertiary/aromatic N) is 5. The first kappa shape index (κ1) is 22.4. The second-order valence-corrected chi connectivity index (χ2v) is 9.04. The van der Waals surface area contributed by atoms with E-state index in [1.54, 1.807) is 57.3 Å². The summed E-state index contributed by atoms with van der Waals surface area (Å²) in [6.45, 7) is 3.67. The zero-order valence-corrected chi connectivity index (χ0v) is 19.9. The van der Waals surface area contributed by atoms with Crippen molar-refractivity contribution in [2.45, 2.75) is 13.0 Å². The van der Waals surface area contributed by atoms with E-state index in [1.165, 1.54) is 0 Å². The molecule has 2 aliphatic rings. The summed E-state index contributed by atoms with van der Waals surface area (Å²) >= 11 is 12.5. The number of allylic oxidation sites excluding steroid dienone is 1. The fraction of sp³-hybridized carbons (Fsp3) is 0.250. The Morgan fingerprint density at radius 3 is 2.26 bits per heavy atom. The minimum Gasteiger partial charge on any atom is -0.344 e. The van der Waals surface area contributed by atoms with Crippen molar-refractivity contribution < 1.29 is 9.59 Å². The first-order chi connectivity index (χ1) is 16.4. The van der Waals surface area contributed by atoms with Crippen LogP contribution < -0.4 is 5.32 Å². The van der Waals surface area contributed by atoms with Gasteiger partial charge in [0.25, 0.3) is 11.8 Å². The number of nitrogens with one attached hydrogen (secondary N) is 1. The lowest BCUT2D eigenvalue weighted by Crippen LogP contribution is -2.51. The van der Waals surface area contributed by atoms with Crippen LogP contribution in [0.4, 0.5) is 5.82 Å². The van der Waals surface area contributed by atoms with Crippen LogP contribution >= 0.6 is 23.2 Å². The number of pyridine rings is 1. The molecule has 0 aliphatic carbocycles. The van der Waals surface area contributed by atoms with E-state index >= 15 is 0 Å². The fourth-order valence-corrected chi connectivity index (χ4v) is 4.74. The predicted octanol–water partition coefficient (Wildman–Crippen LogP) is 3.86. The second kappa shape index (κ2) is 9.12. The molecule has 34 heavy (non-hydrogen) atoms. The normalized spacial score (nSPS) is 17.9. The Kier molecular flexibility index (Phi) is 6.02. The van der Waals surface area contributed by atoms with E-state index in [-0.39, 0.29) is 11.8 Å². The van der Waals surface area contributed by atoms with Crippen LogP contribution in [0.1, 0.15) is 28.9 Å². The highest BCUT2D eigenvalue weighted by molar-refractivity contribution is 6.42. The molecule has 0 spiro atoms. The van der Waals surface area contributed by atoms with Crippen molar-refractivity contribution in [3.8, 4) is 0 Å². The Bertz CT molecular complexity index is 1280. The zero-order chi connectivity index (χ0) is 23.8. The zero-order valence-electron chi connectivity index (χ0n) is 18.4. The lowest BCUT2D eigenvalue weighted by atomic mass is 9.94. The van der Waals surface area contributed by atoms with Crippen molar-refractivity contribution in [3.63, 3.8) is 0 Å². The van der Waals surface area contributed by atoms with Gasteiger partial charge in [-0.15, -0.1) is 0 Å². The van der Waals surface area contributed by atoms with Gasteiger partial charge in [-0.1, -0.05) is 29.3 Å². The van der Waals surface area contributed by atoms with Crippen LogP contribution in [0.3, 0.4) is 0 Å². The van der Waals surface area contributed by atoms with Crippen LogP contribution in [0.5, 0.6) is 0 Å². The molecular formula is C24H22Cl2N6O2. The highest BCUT2D eigenvalue weighted by Gasteiger charge is 2.36. The SMILES string of the molecule is CC1=C(C(=O)N2CCN(C(=O)c3ccncc3)CC2)C(c2ccc(Cl)c(Cl)c2)n2nccc2N1. The van der Waals surface area contributed by atoms with Crippen molar-refractivity contribution >= 4 is 40.8 Å². The Balaban J connectivity index is 1.40. The van der Waals surface area contributed by atoms with E-state index in [9.17, 15) is 9.59 Å². The maximum absolute atomic E-state index is 13.8. The number of carbonyl (C=O) groups excluding carboxylic acids is 2. The van der Waals surface area contributed by atoms with Gasteiger partial charge in [0.1, 0.15) is 11.9 Å². The van der Waals surface area contributed by atoms with E-state index in [0.717, 1.165) is 17.1 Å². The van der Waals surface area contributed by atoms with Crippen LogP contribution in [0.15, 0.2) is 66.3 Å². The second-order valence-electron chi connectivity index (χ2n) is 8.22. The summed E-state index contributed by atoms with van der Waals surface area (Å²) in [6.07, 6.45) is 4.90. The Hall–Kier alpha value is -3.36. The number of piperazine rings is 1. The lowest BCUT2D eigenvalue weighted by molar-refractivity contribution is -0.129. The number of rotatable bonds is 3. The van der Waals surface area contributed by atoms with Gasteiger partial charge in [-0.3, -0.25) is 14.6 Å². The molecule has 1 atom stereocenters. The third-order valence-electron chi connectivity index (χ3n) is 6.18. The minimum absolute atomic E-state index is 0.0564. The van der Waals surface area contributed by atoms with Crippen LogP contribution in [-0.2, 0) is 4.79 Å². The molecule has 0 saturated carbocycles. The number of halogens is 2. The topological polar surface area (TPSA) is 83.4 Å². The third-order valence-corrected chi connectivity index (χ3v) is 6.92. The van der Waals surface area contributed by atoms with Crippen LogP contribution in [0.2, 0.25) is 10.0 Å². The Labute approximate surface area is 206 Å². The first-order valence-electron chi connectivity index (χ1n) is 10.9. The molecule has 2 amide bonds. The van der Waals surface area contributed by atoms with Crippen molar-refractivity contribution in [3.05, 3.63) is 87.4 Å². The summed E-state index contributed by atoms with van der Waals surface area (Å²) < 4.78 is 1.78. The van der Waals surface area contributed by atoms with Crippen LogP contribution in [0.25, 0.3) is 0 Å². The van der Waals surface area contributed by atoms with Crippen LogP contribution in [0, 0.1) is 0 Å². The third kappa shape index (κ3) is 4.03. The molecule has 1 saturated heterocycles. The first-order valence-corrected chi connectivity index (χ1v) is 11.6. The molecule has 0 radical (unpaired) electrons. The van der Waals surface area contributed by atoms with Crippen molar-refractivity contribution in [2.75, 3.05) is 31.5 Å². The molecule has 5 rings (SSSR count).